The molecule has 1 aromatic carbocycles. The molecule has 0 aliphatic carbocycles. The summed E-state index contributed by atoms with van der Waals surface area (Å²) in [5, 5.41) is 11.4. The molecule has 0 atom stereocenters. The molecule has 0 saturated heterocycles. The standard InChI is InChI=1S/C13H15F3N2O2/c1-9-2-3-10(12(19)20)8-11(9)18-7-6-17-5-4-13(14,15)16/h2-3,7-8,17H,4-6H2,1H3,(H,19,20). The number of halogens is 3. The van der Waals surface area contributed by atoms with Gasteiger partial charge in [-0.15, -0.1) is 0 Å². The molecule has 7 heteroatoms. The van der Waals surface area contributed by atoms with Gasteiger partial charge < -0.3 is 10.4 Å². The lowest BCUT2D eigenvalue weighted by Crippen LogP contribution is -2.23. The first kappa shape index (κ1) is 16.2. The van der Waals surface area contributed by atoms with Crippen molar-refractivity contribution in [2.24, 2.45) is 4.99 Å². The summed E-state index contributed by atoms with van der Waals surface area (Å²) in [6.45, 7) is 1.78. The number of carboxylic acids is 1. The first-order valence-electron chi connectivity index (χ1n) is 5.93. The summed E-state index contributed by atoms with van der Waals surface area (Å²) in [6.07, 6.45) is -3.64. The van der Waals surface area contributed by atoms with E-state index in [9.17, 15) is 18.0 Å². The molecule has 0 fully saturated rings. The van der Waals surface area contributed by atoms with Gasteiger partial charge in [0.15, 0.2) is 0 Å². The molecule has 0 heterocycles. The summed E-state index contributed by atoms with van der Waals surface area (Å²) in [4.78, 5) is 14.9. The fraction of sp³-hybridized carbons (Fsp3) is 0.385. The molecule has 0 spiro atoms. The van der Waals surface area contributed by atoms with Gasteiger partial charge in [0.2, 0.25) is 0 Å². The smallest absolute Gasteiger partial charge is 0.390 e. The number of rotatable bonds is 6. The average molecular weight is 288 g/mol. The molecule has 0 amide bonds. The first-order valence-corrected chi connectivity index (χ1v) is 5.93. The second-order valence-electron chi connectivity index (χ2n) is 4.19. The fourth-order valence-corrected chi connectivity index (χ4v) is 1.42. The lowest BCUT2D eigenvalue weighted by molar-refractivity contribution is -0.133. The summed E-state index contributed by atoms with van der Waals surface area (Å²) in [7, 11) is 0. The second-order valence-corrected chi connectivity index (χ2v) is 4.19. The number of aromatic carboxylic acids is 1. The van der Waals surface area contributed by atoms with Crippen molar-refractivity contribution in [3.05, 3.63) is 29.3 Å². The van der Waals surface area contributed by atoms with Gasteiger partial charge >= 0.3 is 12.1 Å². The van der Waals surface area contributed by atoms with Crippen LogP contribution in [0.3, 0.4) is 0 Å². The number of aliphatic imine (C=N–C) groups is 1. The Labute approximate surface area is 114 Å². The molecule has 4 nitrogen and oxygen atoms in total. The largest absolute Gasteiger partial charge is 0.478 e. The third kappa shape index (κ3) is 5.83. The SMILES string of the molecule is Cc1ccc(C(=O)O)cc1N=CCNCCC(F)(F)F. The molecular formula is C13H15F3N2O2. The highest BCUT2D eigenvalue weighted by molar-refractivity contribution is 5.89. The molecule has 0 bridgehead atoms. The Kier molecular flexibility index (Phi) is 5.69. The van der Waals surface area contributed by atoms with E-state index in [0.29, 0.717) is 5.69 Å². The highest BCUT2D eigenvalue weighted by Gasteiger charge is 2.25. The van der Waals surface area contributed by atoms with Crippen LogP contribution in [0.25, 0.3) is 0 Å². The molecule has 2 N–H and O–H groups in total. The predicted molar refractivity (Wildman–Crippen MR) is 69.8 cm³/mol. The predicted octanol–water partition coefficient (Wildman–Crippen LogP) is 2.94. The van der Waals surface area contributed by atoms with Crippen LogP contribution in [-0.2, 0) is 0 Å². The van der Waals surface area contributed by atoms with Crippen molar-refractivity contribution >= 4 is 17.9 Å². The summed E-state index contributed by atoms with van der Waals surface area (Å²) >= 11 is 0. The molecular weight excluding hydrogens is 273 g/mol. The van der Waals surface area contributed by atoms with Gasteiger partial charge in [-0.1, -0.05) is 6.07 Å². The number of benzene rings is 1. The number of carbonyl (C=O) groups is 1. The van der Waals surface area contributed by atoms with Gasteiger partial charge in [-0.05, 0) is 24.6 Å². The van der Waals surface area contributed by atoms with E-state index < -0.39 is 18.6 Å². The lowest BCUT2D eigenvalue weighted by Gasteiger charge is -2.05. The van der Waals surface area contributed by atoms with E-state index in [0.717, 1.165) is 5.56 Å². The maximum Gasteiger partial charge on any atom is 0.390 e. The van der Waals surface area contributed by atoms with Gasteiger partial charge in [-0.2, -0.15) is 13.2 Å². The van der Waals surface area contributed by atoms with Gasteiger partial charge in [0.05, 0.1) is 17.7 Å². The van der Waals surface area contributed by atoms with Crippen molar-refractivity contribution in [2.45, 2.75) is 19.5 Å². The zero-order valence-corrected chi connectivity index (χ0v) is 10.9. The number of nitrogens with zero attached hydrogens (tertiary/aromatic N) is 1. The molecule has 20 heavy (non-hydrogen) atoms. The topological polar surface area (TPSA) is 61.7 Å². The van der Waals surface area contributed by atoms with E-state index in [-0.39, 0.29) is 18.7 Å². The highest BCUT2D eigenvalue weighted by Crippen LogP contribution is 2.20. The monoisotopic (exact) mass is 288 g/mol. The Morgan fingerprint density at radius 2 is 2.15 bits per heavy atom. The molecule has 0 aliphatic rings. The van der Waals surface area contributed by atoms with E-state index >= 15 is 0 Å². The van der Waals surface area contributed by atoms with E-state index in [1.165, 1.54) is 18.3 Å². The summed E-state index contributed by atoms with van der Waals surface area (Å²) in [5.41, 5.74) is 1.40. The van der Waals surface area contributed by atoms with Crippen LogP contribution in [-0.4, -0.2) is 36.6 Å². The molecule has 0 saturated carbocycles. The Hall–Kier alpha value is -1.89. The van der Waals surface area contributed by atoms with Gasteiger partial charge in [-0.25, -0.2) is 4.79 Å². The summed E-state index contributed by atoms with van der Waals surface area (Å²) in [6, 6.07) is 4.52. The van der Waals surface area contributed by atoms with E-state index in [2.05, 4.69) is 10.3 Å². The number of hydrogen-bond donors (Lipinski definition) is 2. The van der Waals surface area contributed by atoms with E-state index in [1.54, 1.807) is 13.0 Å². The van der Waals surface area contributed by atoms with Crippen molar-refractivity contribution in [3.8, 4) is 0 Å². The van der Waals surface area contributed by atoms with Gasteiger partial charge in [0.25, 0.3) is 0 Å². The first-order chi connectivity index (χ1) is 9.29. The maximum atomic E-state index is 11.9. The third-order valence-electron chi connectivity index (χ3n) is 2.51. The molecule has 0 unspecified atom stereocenters. The van der Waals surface area contributed by atoms with Gasteiger partial charge in [0.1, 0.15) is 0 Å². The van der Waals surface area contributed by atoms with E-state index in [1.807, 2.05) is 0 Å². The Morgan fingerprint density at radius 1 is 1.45 bits per heavy atom. The minimum atomic E-state index is -4.17. The van der Waals surface area contributed by atoms with Crippen LogP contribution < -0.4 is 5.32 Å². The molecule has 1 aromatic rings. The average Bonchev–Trinajstić information content (AvgIpc) is 2.34. The molecule has 0 radical (unpaired) electrons. The maximum absolute atomic E-state index is 11.9. The van der Waals surface area contributed by atoms with Crippen LogP contribution in [0.2, 0.25) is 0 Å². The van der Waals surface area contributed by atoms with Gasteiger partial charge in [-0.3, -0.25) is 4.99 Å². The van der Waals surface area contributed by atoms with Crippen molar-refractivity contribution in [1.82, 2.24) is 5.32 Å². The lowest BCUT2D eigenvalue weighted by atomic mass is 10.1. The summed E-state index contributed by atoms with van der Waals surface area (Å²) < 4.78 is 35.6. The highest BCUT2D eigenvalue weighted by atomic mass is 19.4. The van der Waals surface area contributed by atoms with Crippen LogP contribution in [0.15, 0.2) is 23.2 Å². The zero-order valence-electron chi connectivity index (χ0n) is 10.9. The van der Waals surface area contributed by atoms with Crippen molar-refractivity contribution < 1.29 is 23.1 Å². The second kappa shape index (κ2) is 7.04. The van der Waals surface area contributed by atoms with Crippen molar-refractivity contribution in [3.63, 3.8) is 0 Å². The van der Waals surface area contributed by atoms with Gasteiger partial charge in [0, 0.05) is 19.3 Å². The molecule has 0 aliphatic heterocycles. The van der Waals surface area contributed by atoms with Crippen LogP contribution >= 0.6 is 0 Å². The van der Waals surface area contributed by atoms with Crippen LogP contribution in [0.1, 0.15) is 22.3 Å². The van der Waals surface area contributed by atoms with Crippen LogP contribution in [0.5, 0.6) is 0 Å². The quantitative estimate of drug-likeness (QED) is 0.625. The normalized spacial score (nSPS) is 12.0. The number of hydrogen-bond acceptors (Lipinski definition) is 3. The zero-order chi connectivity index (χ0) is 15.2. The fourth-order valence-electron chi connectivity index (χ4n) is 1.42. The molecule has 0 aromatic heterocycles. The number of carboxylic acid groups (broad SMARTS) is 1. The van der Waals surface area contributed by atoms with E-state index in [4.69, 9.17) is 5.11 Å². The summed E-state index contributed by atoms with van der Waals surface area (Å²) in [5.74, 6) is -1.05. The Balaban J connectivity index is 2.50. The minimum absolute atomic E-state index is 0.118. The number of aryl methyl sites for hydroxylation is 1. The molecule has 1 rings (SSSR count). The number of alkyl halides is 3. The van der Waals surface area contributed by atoms with Crippen LogP contribution in [0.4, 0.5) is 18.9 Å². The Morgan fingerprint density at radius 3 is 2.75 bits per heavy atom. The minimum Gasteiger partial charge on any atom is -0.478 e. The number of nitrogens with one attached hydrogen (secondary N) is 1. The van der Waals surface area contributed by atoms with Crippen molar-refractivity contribution in [1.29, 1.82) is 0 Å². The Bertz CT molecular complexity index is 499. The third-order valence-corrected chi connectivity index (χ3v) is 2.51. The van der Waals surface area contributed by atoms with Crippen LogP contribution in [0, 0.1) is 6.92 Å². The molecule has 110 valence electrons. The van der Waals surface area contributed by atoms with Crippen molar-refractivity contribution in [2.75, 3.05) is 13.1 Å².